The van der Waals surface area contributed by atoms with Gasteiger partial charge in [0.25, 0.3) is 0 Å². The molecule has 0 spiro atoms. The third-order valence-electron chi connectivity index (χ3n) is 3.78. The SMILES string of the molecule is Nc1ncc(Cc2cccc3c2Nc2ccccc2S3)c(N)n1. The standard InChI is InChI=1S/C17H15N5S/c18-16-11(9-20-17(19)22-16)8-10-4-3-7-14-15(10)21-12-5-1-2-6-13(12)23-14/h1-7,9,21H,8H2,(H4,18,19,20,22). The number of nitrogens with two attached hydrogens (primary N) is 2. The summed E-state index contributed by atoms with van der Waals surface area (Å²) in [5, 5.41) is 3.53. The Kier molecular flexibility index (Phi) is 3.31. The van der Waals surface area contributed by atoms with Crippen molar-refractivity contribution in [2.24, 2.45) is 0 Å². The molecule has 0 fully saturated rings. The first-order valence-electron chi connectivity index (χ1n) is 7.23. The lowest BCUT2D eigenvalue weighted by atomic mass is 10.0. The molecule has 3 aromatic rings. The Balaban J connectivity index is 1.72. The summed E-state index contributed by atoms with van der Waals surface area (Å²) < 4.78 is 0. The number of nitrogens with zero attached hydrogens (tertiary/aromatic N) is 2. The van der Waals surface area contributed by atoms with E-state index in [0.717, 1.165) is 22.5 Å². The van der Waals surface area contributed by atoms with Crippen molar-refractivity contribution in [1.29, 1.82) is 0 Å². The van der Waals surface area contributed by atoms with E-state index < -0.39 is 0 Å². The van der Waals surface area contributed by atoms with Gasteiger partial charge in [-0.15, -0.1) is 0 Å². The molecule has 0 saturated carbocycles. The first-order valence-corrected chi connectivity index (χ1v) is 8.05. The number of para-hydroxylation sites is 2. The molecule has 0 bridgehead atoms. The Morgan fingerprint density at radius 2 is 1.78 bits per heavy atom. The van der Waals surface area contributed by atoms with Crippen molar-refractivity contribution in [3.8, 4) is 0 Å². The topological polar surface area (TPSA) is 89.8 Å². The average Bonchev–Trinajstić information content (AvgIpc) is 2.56. The lowest BCUT2D eigenvalue weighted by Crippen LogP contribution is -2.07. The van der Waals surface area contributed by atoms with Crippen LogP contribution in [0.1, 0.15) is 11.1 Å². The van der Waals surface area contributed by atoms with Crippen LogP contribution in [0.15, 0.2) is 58.5 Å². The second-order valence-electron chi connectivity index (χ2n) is 5.33. The zero-order chi connectivity index (χ0) is 15.8. The molecule has 6 heteroatoms. The van der Waals surface area contributed by atoms with Gasteiger partial charge in [0.15, 0.2) is 0 Å². The predicted molar refractivity (Wildman–Crippen MR) is 94.0 cm³/mol. The smallest absolute Gasteiger partial charge is 0.221 e. The van der Waals surface area contributed by atoms with Crippen LogP contribution >= 0.6 is 11.8 Å². The second kappa shape index (κ2) is 5.48. The van der Waals surface area contributed by atoms with Gasteiger partial charge in [-0.2, -0.15) is 4.98 Å². The third-order valence-corrected chi connectivity index (χ3v) is 4.91. The first-order chi connectivity index (χ1) is 11.2. The maximum absolute atomic E-state index is 5.97. The quantitative estimate of drug-likeness (QED) is 0.524. The highest BCUT2D eigenvalue weighted by Gasteiger charge is 2.18. The van der Waals surface area contributed by atoms with Gasteiger partial charge in [0.05, 0.1) is 11.4 Å². The van der Waals surface area contributed by atoms with Crippen LogP contribution < -0.4 is 16.8 Å². The van der Waals surface area contributed by atoms with Crippen LogP contribution in [0, 0.1) is 0 Å². The van der Waals surface area contributed by atoms with E-state index in [1.807, 2.05) is 6.07 Å². The average molecular weight is 321 g/mol. The monoisotopic (exact) mass is 321 g/mol. The lowest BCUT2D eigenvalue weighted by molar-refractivity contribution is 1.08. The van der Waals surface area contributed by atoms with E-state index in [4.69, 9.17) is 11.5 Å². The largest absolute Gasteiger partial charge is 0.383 e. The molecule has 0 amide bonds. The Labute approximate surface area is 138 Å². The van der Waals surface area contributed by atoms with E-state index in [9.17, 15) is 0 Å². The highest BCUT2D eigenvalue weighted by Crippen LogP contribution is 2.45. The van der Waals surface area contributed by atoms with Crippen molar-refractivity contribution < 1.29 is 0 Å². The minimum Gasteiger partial charge on any atom is -0.383 e. The van der Waals surface area contributed by atoms with Gasteiger partial charge < -0.3 is 16.8 Å². The van der Waals surface area contributed by atoms with Gasteiger partial charge in [0.1, 0.15) is 5.82 Å². The molecule has 114 valence electrons. The Hall–Kier alpha value is -2.73. The molecule has 0 saturated heterocycles. The van der Waals surface area contributed by atoms with E-state index in [2.05, 4.69) is 51.7 Å². The number of hydrogen-bond acceptors (Lipinski definition) is 6. The Morgan fingerprint density at radius 1 is 0.957 bits per heavy atom. The molecule has 0 radical (unpaired) electrons. The fourth-order valence-electron chi connectivity index (χ4n) is 2.64. The highest BCUT2D eigenvalue weighted by molar-refractivity contribution is 7.99. The van der Waals surface area contributed by atoms with Crippen LogP contribution in [-0.4, -0.2) is 9.97 Å². The minimum atomic E-state index is 0.198. The number of anilines is 4. The van der Waals surface area contributed by atoms with E-state index in [1.165, 1.54) is 9.79 Å². The highest BCUT2D eigenvalue weighted by atomic mass is 32.2. The van der Waals surface area contributed by atoms with E-state index in [1.54, 1.807) is 18.0 Å². The molecule has 2 heterocycles. The number of aromatic nitrogens is 2. The van der Waals surface area contributed by atoms with Crippen LogP contribution in [0.3, 0.4) is 0 Å². The van der Waals surface area contributed by atoms with Crippen molar-refractivity contribution in [1.82, 2.24) is 9.97 Å². The molecule has 23 heavy (non-hydrogen) atoms. The molecule has 1 aliphatic heterocycles. The van der Waals surface area contributed by atoms with Crippen molar-refractivity contribution in [2.45, 2.75) is 16.2 Å². The van der Waals surface area contributed by atoms with Crippen LogP contribution in [0.5, 0.6) is 0 Å². The van der Waals surface area contributed by atoms with E-state index in [-0.39, 0.29) is 5.95 Å². The molecule has 1 aromatic heterocycles. The maximum atomic E-state index is 5.97. The molecule has 0 aliphatic carbocycles. The minimum absolute atomic E-state index is 0.198. The van der Waals surface area contributed by atoms with Gasteiger partial charge in [-0.3, -0.25) is 0 Å². The molecule has 0 unspecified atom stereocenters. The van der Waals surface area contributed by atoms with Gasteiger partial charge in [-0.25, -0.2) is 4.98 Å². The summed E-state index contributed by atoms with van der Waals surface area (Å²) in [7, 11) is 0. The van der Waals surface area contributed by atoms with Crippen molar-refractivity contribution in [3.63, 3.8) is 0 Å². The van der Waals surface area contributed by atoms with Crippen molar-refractivity contribution in [2.75, 3.05) is 16.8 Å². The van der Waals surface area contributed by atoms with E-state index >= 15 is 0 Å². The zero-order valence-corrected chi connectivity index (χ0v) is 13.1. The summed E-state index contributed by atoms with van der Waals surface area (Å²) in [6.45, 7) is 0. The number of rotatable bonds is 2. The van der Waals surface area contributed by atoms with Gasteiger partial charge in [-0.1, -0.05) is 36.0 Å². The summed E-state index contributed by atoms with van der Waals surface area (Å²) in [6.07, 6.45) is 2.35. The van der Waals surface area contributed by atoms with Crippen molar-refractivity contribution in [3.05, 3.63) is 59.8 Å². The van der Waals surface area contributed by atoms with Crippen LogP contribution in [-0.2, 0) is 6.42 Å². The molecule has 2 aromatic carbocycles. The normalized spacial score (nSPS) is 12.2. The maximum Gasteiger partial charge on any atom is 0.221 e. The molecule has 0 atom stereocenters. The number of nitrogens with one attached hydrogen (secondary N) is 1. The van der Waals surface area contributed by atoms with Gasteiger partial charge in [-0.05, 0) is 23.8 Å². The van der Waals surface area contributed by atoms with Gasteiger partial charge >= 0.3 is 0 Å². The summed E-state index contributed by atoms with van der Waals surface area (Å²) in [6, 6.07) is 14.6. The summed E-state index contributed by atoms with van der Waals surface area (Å²) in [5.74, 6) is 0.628. The van der Waals surface area contributed by atoms with Crippen molar-refractivity contribution >= 4 is 34.9 Å². The summed E-state index contributed by atoms with van der Waals surface area (Å²) in [5.41, 5.74) is 15.8. The molecular formula is C17H15N5S. The molecular weight excluding hydrogens is 306 g/mol. The number of hydrogen-bond donors (Lipinski definition) is 3. The fourth-order valence-corrected chi connectivity index (χ4v) is 3.68. The molecule has 4 rings (SSSR count). The molecule has 5 N–H and O–H groups in total. The van der Waals surface area contributed by atoms with Gasteiger partial charge in [0.2, 0.25) is 5.95 Å². The zero-order valence-electron chi connectivity index (χ0n) is 12.3. The molecule has 5 nitrogen and oxygen atoms in total. The van der Waals surface area contributed by atoms with E-state index in [0.29, 0.717) is 12.2 Å². The summed E-state index contributed by atoms with van der Waals surface area (Å²) in [4.78, 5) is 10.5. The van der Waals surface area contributed by atoms with Gasteiger partial charge in [0, 0.05) is 28.0 Å². The van der Waals surface area contributed by atoms with Crippen LogP contribution in [0.4, 0.5) is 23.1 Å². The second-order valence-corrected chi connectivity index (χ2v) is 6.41. The Morgan fingerprint density at radius 3 is 2.65 bits per heavy atom. The number of nitrogen functional groups attached to an aromatic ring is 2. The molecule has 1 aliphatic rings. The van der Waals surface area contributed by atoms with Crippen LogP contribution in [0.2, 0.25) is 0 Å². The third kappa shape index (κ3) is 2.57. The number of benzene rings is 2. The fraction of sp³-hybridized carbons (Fsp3) is 0.0588. The lowest BCUT2D eigenvalue weighted by Gasteiger charge is -2.23. The number of fused-ring (bicyclic) bond motifs is 2. The Bertz CT molecular complexity index is 894. The predicted octanol–water partition coefficient (Wildman–Crippen LogP) is 3.44. The summed E-state index contributed by atoms with van der Waals surface area (Å²) >= 11 is 1.77. The first kappa shape index (κ1) is 13.9. The van der Waals surface area contributed by atoms with Crippen LogP contribution in [0.25, 0.3) is 0 Å².